The lowest BCUT2D eigenvalue weighted by molar-refractivity contribution is 0.0898. The topological polar surface area (TPSA) is 52.4 Å². The van der Waals surface area contributed by atoms with Crippen LogP contribution in [0.15, 0.2) is 10.3 Å². The SMILES string of the molecule is CC/C(C)=N\O[Si](C)(OC)O/N=C(\C)CC. The van der Waals surface area contributed by atoms with Gasteiger partial charge in [0.2, 0.25) is 0 Å². The molecule has 0 aliphatic rings. The molecule has 1 unspecified atom stereocenters. The highest BCUT2D eigenvalue weighted by atomic mass is 28.4. The van der Waals surface area contributed by atoms with E-state index in [4.69, 9.17) is 13.5 Å². The first-order chi connectivity index (χ1) is 7.47. The smallest absolute Gasteiger partial charge is 0.383 e. The minimum Gasteiger partial charge on any atom is -0.383 e. The zero-order chi connectivity index (χ0) is 12.6. The minimum atomic E-state index is -2.76. The number of nitrogens with zero attached hydrogens (tertiary/aromatic N) is 2. The van der Waals surface area contributed by atoms with Crippen molar-refractivity contribution in [3.8, 4) is 0 Å². The van der Waals surface area contributed by atoms with Crippen LogP contribution in [0.1, 0.15) is 40.5 Å². The van der Waals surface area contributed by atoms with E-state index in [-0.39, 0.29) is 0 Å². The van der Waals surface area contributed by atoms with Gasteiger partial charge in [-0.3, -0.25) is 0 Å². The lowest BCUT2D eigenvalue weighted by atomic mass is 10.3. The Morgan fingerprint density at radius 3 is 1.62 bits per heavy atom. The molecule has 0 aromatic carbocycles. The van der Waals surface area contributed by atoms with Crippen LogP contribution in [0.5, 0.6) is 0 Å². The summed E-state index contributed by atoms with van der Waals surface area (Å²) in [5.41, 5.74) is 1.80. The van der Waals surface area contributed by atoms with E-state index in [1.54, 1.807) is 13.7 Å². The summed E-state index contributed by atoms with van der Waals surface area (Å²) in [7, 11) is -1.21. The van der Waals surface area contributed by atoms with Crippen molar-refractivity contribution in [3.05, 3.63) is 0 Å². The Kier molecular flexibility index (Phi) is 6.99. The summed E-state index contributed by atoms with van der Waals surface area (Å²) in [5, 5.41) is 7.90. The second-order valence-corrected chi connectivity index (χ2v) is 6.11. The summed E-state index contributed by atoms with van der Waals surface area (Å²) in [6.07, 6.45) is 1.68. The van der Waals surface area contributed by atoms with Crippen LogP contribution in [0.25, 0.3) is 0 Å². The fourth-order valence-corrected chi connectivity index (χ4v) is 1.37. The largest absolute Gasteiger partial charge is 0.670 e. The number of rotatable bonds is 7. The summed E-state index contributed by atoms with van der Waals surface area (Å²) >= 11 is 0. The summed E-state index contributed by atoms with van der Waals surface area (Å²) in [6.45, 7) is 9.56. The van der Waals surface area contributed by atoms with E-state index in [9.17, 15) is 0 Å². The van der Waals surface area contributed by atoms with E-state index in [1.165, 1.54) is 0 Å². The Labute approximate surface area is 98.8 Å². The predicted molar refractivity (Wildman–Crippen MR) is 67.6 cm³/mol. The summed E-state index contributed by atoms with van der Waals surface area (Å²) in [4.78, 5) is 0. The van der Waals surface area contributed by atoms with Crippen LogP contribution >= 0.6 is 0 Å². The molecule has 0 aliphatic carbocycles. The predicted octanol–water partition coefficient (Wildman–Crippen LogP) is 2.81. The first-order valence-electron chi connectivity index (χ1n) is 5.45. The Morgan fingerprint density at radius 2 is 1.38 bits per heavy atom. The average Bonchev–Trinajstić information content (AvgIpc) is 2.32. The van der Waals surface area contributed by atoms with E-state index in [1.807, 2.05) is 27.7 Å². The molecule has 0 aliphatic heterocycles. The summed E-state index contributed by atoms with van der Waals surface area (Å²) in [5.74, 6) is 0. The van der Waals surface area contributed by atoms with Gasteiger partial charge in [-0.25, -0.2) is 0 Å². The molecule has 0 aromatic heterocycles. The van der Waals surface area contributed by atoms with Crippen LogP contribution < -0.4 is 0 Å². The first kappa shape index (κ1) is 15.1. The molecule has 5 nitrogen and oxygen atoms in total. The van der Waals surface area contributed by atoms with Crippen molar-refractivity contribution in [2.75, 3.05) is 7.11 Å². The fraction of sp³-hybridized carbons (Fsp3) is 0.800. The van der Waals surface area contributed by atoms with Crippen molar-refractivity contribution in [1.29, 1.82) is 0 Å². The maximum Gasteiger partial charge on any atom is 0.670 e. The molecule has 0 fully saturated rings. The van der Waals surface area contributed by atoms with Crippen molar-refractivity contribution in [2.45, 2.75) is 47.1 Å². The molecule has 1 atom stereocenters. The Hall–Kier alpha value is -0.883. The van der Waals surface area contributed by atoms with E-state index >= 15 is 0 Å². The van der Waals surface area contributed by atoms with Crippen LogP contribution in [0.2, 0.25) is 6.55 Å². The second-order valence-electron chi connectivity index (χ2n) is 3.61. The lowest BCUT2D eigenvalue weighted by Crippen LogP contribution is -2.38. The lowest BCUT2D eigenvalue weighted by Gasteiger charge is -2.18. The van der Waals surface area contributed by atoms with Gasteiger partial charge in [-0.2, -0.15) is 0 Å². The van der Waals surface area contributed by atoms with Crippen molar-refractivity contribution in [2.24, 2.45) is 10.3 Å². The zero-order valence-electron chi connectivity index (χ0n) is 11.0. The van der Waals surface area contributed by atoms with Gasteiger partial charge in [0.1, 0.15) is 0 Å². The number of oxime groups is 2. The monoisotopic (exact) mass is 246 g/mol. The van der Waals surface area contributed by atoms with E-state index in [0.717, 1.165) is 24.3 Å². The van der Waals surface area contributed by atoms with E-state index in [2.05, 4.69) is 10.3 Å². The van der Waals surface area contributed by atoms with Crippen LogP contribution in [-0.2, 0) is 13.5 Å². The molecule has 94 valence electrons. The van der Waals surface area contributed by atoms with Gasteiger partial charge in [-0.1, -0.05) is 13.8 Å². The van der Waals surface area contributed by atoms with Crippen molar-refractivity contribution in [1.82, 2.24) is 0 Å². The normalized spacial score (nSPS) is 16.9. The Bertz CT molecular complexity index is 245. The molecule has 0 heterocycles. The Balaban J connectivity index is 4.42. The van der Waals surface area contributed by atoms with Gasteiger partial charge in [0.25, 0.3) is 0 Å². The minimum absolute atomic E-state index is 0.839. The molecule has 0 rings (SSSR count). The molecule has 0 bridgehead atoms. The molecule has 16 heavy (non-hydrogen) atoms. The highest BCUT2D eigenvalue weighted by Gasteiger charge is 2.40. The van der Waals surface area contributed by atoms with Gasteiger partial charge >= 0.3 is 8.80 Å². The van der Waals surface area contributed by atoms with Gasteiger partial charge in [-0.15, -0.1) is 10.3 Å². The quantitative estimate of drug-likeness (QED) is 0.394. The Morgan fingerprint density at radius 1 is 1.00 bits per heavy atom. The fourth-order valence-electron chi connectivity index (χ4n) is 0.542. The molecule has 0 aromatic rings. The van der Waals surface area contributed by atoms with Crippen molar-refractivity contribution >= 4 is 20.2 Å². The van der Waals surface area contributed by atoms with Crippen LogP contribution in [0.3, 0.4) is 0 Å². The summed E-state index contributed by atoms with van der Waals surface area (Å²) < 4.78 is 15.8. The third-order valence-corrected chi connectivity index (χ3v) is 3.72. The summed E-state index contributed by atoms with van der Waals surface area (Å²) in [6, 6.07) is 0. The van der Waals surface area contributed by atoms with Crippen LogP contribution in [0, 0.1) is 0 Å². The molecule has 0 radical (unpaired) electrons. The maximum absolute atomic E-state index is 5.30. The van der Waals surface area contributed by atoms with Gasteiger partial charge in [-0.05, 0) is 26.7 Å². The van der Waals surface area contributed by atoms with Crippen LogP contribution in [-0.4, -0.2) is 27.3 Å². The van der Waals surface area contributed by atoms with Crippen molar-refractivity contribution < 1.29 is 13.5 Å². The number of hydrogen-bond donors (Lipinski definition) is 0. The molecule has 0 amide bonds. The highest BCUT2D eigenvalue weighted by molar-refractivity contribution is 6.59. The van der Waals surface area contributed by atoms with Gasteiger partial charge in [0, 0.05) is 13.7 Å². The average molecular weight is 246 g/mol. The molecule has 0 spiro atoms. The van der Waals surface area contributed by atoms with Crippen molar-refractivity contribution in [3.63, 3.8) is 0 Å². The molecule has 0 saturated heterocycles. The molecule has 6 heteroatoms. The second kappa shape index (κ2) is 7.40. The molecular formula is C10H22N2O3Si. The van der Waals surface area contributed by atoms with Gasteiger partial charge < -0.3 is 13.5 Å². The van der Waals surface area contributed by atoms with Gasteiger partial charge in [0.05, 0.1) is 11.4 Å². The maximum atomic E-state index is 5.30. The highest BCUT2D eigenvalue weighted by Crippen LogP contribution is 2.10. The van der Waals surface area contributed by atoms with E-state index < -0.39 is 8.80 Å². The van der Waals surface area contributed by atoms with Gasteiger partial charge in [0.15, 0.2) is 0 Å². The molecule has 0 saturated carbocycles. The van der Waals surface area contributed by atoms with Crippen LogP contribution in [0.4, 0.5) is 0 Å². The zero-order valence-corrected chi connectivity index (χ0v) is 12.0. The number of hydrogen-bond acceptors (Lipinski definition) is 5. The third-order valence-electron chi connectivity index (χ3n) is 2.13. The first-order valence-corrected chi connectivity index (χ1v) is 7.68. The standard InChI is InChI=1S/C10H22N2O3Si/c1-7-9(3)11-14-16(6,13-5)15-12-10(4)8-2/h7-8H2,1-6H3/b11-9-,12-10+. The molecule has 0 N–H and O–H groups in total. The van der Waals surface area contributed by atoms with E-state index in [0.29, 0.717) is 0 Å². The molecular weight excluding hydrogens is 224 g/mol. The third kappa shape index (κ3) is 5.87.